The number of piperidine rings is 1. The van der Waals surface area contributed by atoms with Gasteiger partial charge < -0.3 is 0 Å². The van der Waals surface area contributed by atoms with Crippen LogP contribution in [0.25, 0.3) is 0 Å². The lowest BCUT2D eigenvalue weighted by Crippen LogP contribution is -2.30. The fourth-order valence-electron chi connectivity index (χ4n) is 2.64. The normalized spacial score (nSPS) is 18.0. The first kappa shape index (κ1) is 13.8. The second-order valence-electron chi connectivity index (χ2n) is 6.25. The quantitative estimate of drug-likeness (QED) is 0.804. The molecule has 1 aromatic heterocycles. The summed E-state index contributed by atoms with van der Waals surface area (Å²) < 4.78 is 0. The van der Waals surface area contributed by atoms with Crippen LogP contribution >= 0.6 is 11.6 Å². The number of aromatic nitrogens is 1. The minimum atomic E-state index is 0.0791. The van der Waals surface area contributed by atoms with E-state index in [1.54, 1.807) is 6.20 Å². The molecule has 0 atom stereocenters. The fourth-order valence-corrected chi connectivity index (χ4v) is 2.82. The Morgan fingerprint density at radius 3 is 2.50 bits per heavy atom. The molecule has 18 heavy (non-hydrogen) atoms. The molecule has 2 heterocycles. The summed E-state index contributed by atoms with van der Waals surface area (Å²) in [4.78, 5) is 7.08. The summed E-state index contributed by atoms with van der Waals surface area (Å²) in [6.45, 7) is 10.0. The van der Waals surface area contributed by atoms with E-state index in [0.29, 0.717) is 0 Å². The summed E-state index contributed by atoms with van der Waals surface area (Å²) in [7, 11) is 0. The van der Waals surface area contributed by atoms with Gasteiger partial charge >= 0.3 is 0 Å². The smallest absolute Gasteiger partial charge is 0.0592 e. The van der Waals surface area contributed by atoms with Gasteiger partial charge in [0.1, 0.15) is 0 Å². The van der Waals surface area contributed by atoms with Crippen LogP contribution in [0.5, 0.6) is 0 Å². The van der Waals surface area contributed by atoms with Gasteiger partial charge in [-0.1, -0.05) is 38.8 Å². The first-order valence-electron chi connectivity index (χ1n) is 6.84. The van der Waals surface area contributed by atoms with E-state index >= 15 is 0 Å². The first-order chi connectivity index (χ1) is 8.47. The molecule has 2 nitrogen and oxygen atoms in total. The SMILES string of the molecule is CC(C)(C)c1ncc(Cl)cc1CN1CCCCC1. The van der Waals surface area contributed by atoms with Crippen LogP contribution in [-0.2, 0) is 12.0 Å². The van der Waals surface area contributed by atoms with Gasteiger partial charge in [0.2, 0.25) is 0 Å². The van der Waals surface area contributed by atoms with E-state index in [1.807, 2.05) is 0 Å². The monoisotopic (exact) mass is 266 g/mol. The summed E-state index contributed by atoms with van der Waals surface area (Å²) in [6, 6.07) is 2.09. The zero-order chi connectivity index (χ0) is 13.2. The number of halogens is 1. The number of rotatable bonds is 2. The third-order valence-electron chi connectivity index (χ3n) is 3.49. The summed E-state index contributed by atoms with van der Waals surface area (Å²) in [5, 5.41) is 0.745. The molecule has 1 aromatic rings. The van der Waals surface area contributed by atoms with Crippen LogP contribution in [0.3, 0.4) is 0 Å². The predicted molar refractivity (Wildman–Crippen MR) is 77.1 cm³/mol. The molecule has 0 unspecified atom stereocenters. The van der Waals surface area contributed by atoms with Crippen molar-refractivity contribution in [2.75, 3.05) is 13.1 Å². The van der Waals surface area contributed by atoms with Gasteiger partial charge in [-0.3, -0.25) is 9.88 Å². The third-order valence-corrected chi connectivity index (χ3v) is 3.69. The zero-order valence-electron chi connectivity index (χ0n) is 11.7. The summed E-state index contributed by atoms with van der Waals surface area (Å²) in [6.07, 6.45) is 5.77. The maximum atomic E-state index is 6.10. The van der Waals surface area contributed by atoms with Gasteiger partial charge in [0, 0.05) is 18.2 Å². The highest BCUT2D eigenvalue weighted by molar-refractivity contribution is 6.30. The lowest BCUT2D eigenvalue weighted by Gasteiger charge is -2.29. The second kappa shape index (κ2) is 5.58. The Balaban J connectivity index is 2.21. The fraction of sp³-hybridized carbons (Fsp3) is 0.667. The molecule has 0 spiro atoms. The Bertz CT molecular complexity index is 403. The Hall–Kier alpha value is -0.600. The molecule has 0 aromatic carbocycles. The minimum absolute atomic E-state index is 0.0791. The summed E-state index contributed by atoms with van der Waals surface area (Å²) >= 11 is 6.10. The van der Waals surface area contributed by atoms with Crippen molar-refractivity contribution in [1.29, 1.82) is 0 Å². The molecular formula is C15H23ClN2. The topological polar surface area (TPSA) is 16.1 Å². The molecule has 0 saturated carbocycles. The number of pyridine rings is 1. The highest BCUT2D eigenvalue weighted by Gasteiger charge is 2.21. The molecule has 1 saturated heterocycles. The van der Waals surface area contributed by atoms with Gasteiger partial charge in [0.15, 0.2) is 0 Å². The van der Waals surface area contributed by atoms with Crippen molar-refractivity contribution in [3.05, 3.63) is 28.5 Å². The lowest BCUT2D eigenvalue weighted by molar-refractivity contribution is 0.219. The van der Waals surface area contributed by atoms with Crippen molar-refractivity contribution in [3.63, 3.8) is 0 Å². The van der Waals surface area contributed by atoms with E-state index in [9.17, 15) is 0 Å². The van der Waals surface area contributed by atoms with Crippen LogP contribution in [0.15, 0.2) is 12.3 Å². The highest BCUT2D eigenvalue weighted by Crippen LogP contribution is 2.27. The van der Waals surface area contributed by atoms with Crippen molar-refractivity contribution in [2.45, 2.75) is 52.0 Å². The number of hydrogen-bond acceptors (Lipinski definition) is 2. The Morgan fingerprint density at radius 1 is 1.22 bits per heavy atom. The standard InChI is InChI=1S/C15H23ClN2/c1-15(2,3)14-12(9-13(16)10-17-14)11-18-7-5-4-6-8-18/h9-10H,4-8,11H2,1-3H3. The molecule has 1 aliphatic heterocycles. The molecule has 1 fully saturated rings. The van der Waals surface area contributed by atoms with Crippen LogP contribution in [-0.4, -0.2) is 23.0 Å². The summed E-state index contributed by atoms with van der Waals surface area (Å²) in [5.74, 6) is 0. The van der Waals surface area contributed by atoms with E-state index < -0.39 is 0 Å². The average Bonchev–Trinajstić information content (AvgIpc) is 2.28. The molecule has 100 valence electrons. The Morgan fingerprint density at radius 2 is 1.89 bits per heavy atom. The van der Waals surface area contributed by atoms with Crippen LogP contribution in [0, 0.1) is 0 Å². The Labute approximate surface area is 115 Å². The zero-order valence-corrected chi connectivity index (χ0v) is 12.4. The highest BCUT2D eigenvalue weighted by atomic mass is 35.5. The largest absolute Gasteiger partial charge is 0.299 e. The minimum Gasteiger partial charge on any atom is -0.299 e. The van der Waals surface area contributed by atoms with Gasteiger partial charge in [-0.25, -0.2) is 0 Å². The molecular weight excluding hydrogens is 244 g/mol. The average molecular weight is 267 g/mol. The molecule has 0 aliphatic carbocycles. The van der Waals surface area contributed by atoms with Crippen LogP contribution in [0.4, 0.5) is 0 Å². The molecule has 3 heteroatoms. The van der Waals surface area contributed by atoms with E-state index in [1.165, 1.54) is 43.6 Å². The van der Waals surface area contributed by atoms with E-state index in [-0.39, 0.29) is 5.41 Å². The Kier molecular flexibility index (Phi) is 4.29. The molecule has 1 aliphatic rings. The van der Waals surface area contributed by atoms with E-state index in [2.05, 4.69) is 36.7 Å². The van der Waals surface area contributed by atoms with Gasteiger partial charge in [-0.2, -0.15) is 0 Å². The van der Waals surface area contributed by atoms with Crippen molar-refractivity contribution in [3.8, 4) is 0 Å². The lowest BCUT2D eigenvalue weighted by atomic mass is 9.88. The van der Waals surface area contributed by atoms with E-state index in [0.717, 1.165) is 11.6 Å². The van der Waals surface area contributed by atoms with Crippen LogP contribution in [0.1, 0.15) is 51.3 Å². The molecule has 0 N–H and O–H groups in total. The van der Waals surface area contributed by atoms with Gasteiger partial charge in [-0.15, -0.1) is 0 Å². The third kappa shape index (κ3) is 3.46. The number of nitrogens with zero attached hydrogens (tertiary/aromatic N) is 2. The van der Waals surface area contributed by atoms with Crippen molar-refractivity contribution < 1.29 is 0 Å². The van der Waals surface area contributed by atoms with Crippen LogP contribution in [0.2, 0.25) is 5.02 Å². The van der Waals surface area contributed by atoms with Crippen LogP contribution < -0.4 is 0 Å². The maximum Gasteiger partial charge on any atom is 0.0592 e. The number of hydrogen-bond donors (Lipinski definition) is 0. The summed E-state index contributed by atoms with van der Waals surface area (Å²) in [5.41, 5.74) is 2.55. The van der Waals surface area contributed by atoms with Crippen molar-refractivity contribution >= 4 is 11.6 Å². The second-order valence-corrected chi connectivity index (χ2v) is 6.68. The predicted octanol–water partition coefficient (Wildman–Crippen LogP) is 4.02. The molecule has 0 amide bonds. The first-order valence-corrected chi connectivity index (χ1v) is 7.22. The maximum absolute atomic E-state index is 6.10. The van der Waals surface area contributed by atoms with Crippen molar-refractivity contribution in [2.24, 2.45) is 0 Å². The number of likely N-dealkylation sites (tertiary alicyclic amines) is 1. The molecule has 2 rings (SSSR count). The van der Waals surface area contributed by atoms with Gasteiger partial charge in [-0.05, 0) is 37.6 Å². The van der Waals surface area contributed by atoms with Gasteiger partial charge in [0.25, 0.3) is 0 Å². The molecule has 0 radical (unpaired) electrons. The van der Waals surface area contributed by atoms with E-state index in [4.69, 9.17) is 11.6 Å². The molecule has 0 bridgehead atoms. The van der Waals surface area contributed by atoms with Crippen molar-refractivity contribution in [1.82, 2.24) is 9.88 Å². The van der Waals surface area contributed by atoms with Gasteiger partial charge in [0.05, 0.1) is 10.7 Å².